The van der Waals surface area contributed by atoms with Crippen LogP contribution in [0.2, 0.25) is 0 Å². The molecule has 1 aliphatic heterocycles. The quantitative estimate of drug-likeness (QED) is 0.430. The molecule has 0 spiro atoms. The van der Waals surface area contributed by atoms with E-state index in [4.69, 9.17) is 9.84 Å². The molecule has 1 rings (SSSR count). The minimum Gasteiger partial charge on any atom is -0.481 e. The van der Waals surface area contributed by atoms with Crippen LogP contribution in [0.4, 0.5) is 0 Å². The molecular weight excluding hydrogens is 192 g/mol. The number of hydrogen-bond acceptors (Lipinski definition) is 5. The Bertz CT molecular complexity index is 218. The van der Waals surface area contributed by atoms with E-state index in [2.05, 4.69) is 0 Å². The maximum atomic E-state index is 10.4. The van der Waals surface area contributed by atoms with E-state index in [1.54, 1.807) is 0 Å². The molecule has 1 fully saturated rings. The van der Waals surface area contributed by atoms with Crippen LogP contribution in [-0.2, 0) is 9.53 Å². The van der Waals surface area contributed by atoms with Gasteiger partial charge in [0.2, 0.25) is 0 Å². The molecular formula is C8H14O6. The third kappa shape index (κ3) is 2.21. The summed E-state index contributed by atoms with van der Waals surface area (Å²) in [4.78, 5) is 10.4. The second kappa shape index (κ2) is 4.22. The van der Waals surface area contributed by atoms with E-state index in [9.17, 15) is 20.1 Å². The first-order chi connectivity index (χ1) is 6.43. The summed E-state index contributed by atoms with van der Waals surface area (Å²) in [6, 6.07) is 0. The van der Waals surface area contributed by atoms with Crippen LogP contribution < -0.4 is 0 Å². The minimum atomic E-state index is -1.36. The van der Waals surface area contributed by atoms with E-state index in [0.717, 1.165) is 0 Å². The first-order valence-corrected chi connectivity index (χ1v) is 4.35. The average molecular weight is 206 g/mol. The fraction of sp³-hybridized carbons (Fsp3) is 0.875. The zero-order valence-corrected chi connectivity index (χ0v) is 7.70. The minimum absolute atomic E-state index is 0.394. The number of aliphatic hydroxyl groups is 3. The van der Waals surface area contributed by atoms with Crippen molar-refractivity contribution >= 4 is 5.97 Å². The van der Waals surface area contributed by atoms with Crippen molar-refractivity contribution in [1.82, 2.24) is 0 Å². The van der Waals surface area contributed by atoms with E-state index < -0.39 is 42.9 Å². The SMILES string of the molecule is C[C@@H]1OC(CC(=O)O)[C@@H](O)[C@H](O)C1O. The van der Waals surface area contributed by atoms with Crippen molar-refractivity contribution in [3.05, 3.63) is 0 Å². The topological polar surface area (TPSA) is 107 Å². The molecule has 5 atom stereocenters. The van der Waals surface area contributed by atoms with Crippen LogP contribution in [0.25, 0.3) is 0 Å². The lowest BCUT2D eigenvalue weighted by atomic mass is 9.94. The fourth-order valence-electron chi connectivity index (χ4n) is 1.48. The van der Waals surface area contributed by atoms with Crippen LogP contribution in [0.5, 0.6) is 0 Å². The number of hydrogen-bond donors (Lipinski definition) is 4. The Morgan fingerprint density at radius 2 is 1.79 bits per heavy atom. The third-order valence-corrected chi connectivity index (χ3v) is 2.33. The number of carbonyl (C=O) groups is 1. The molecule has 2 unspecified atom stereocenters. The number of aliphatic hydroxyl groups excluding tert-OH is 3. The molecule has 0 aromatic rings. The van der Waals surface area contributed by atoms with Crippen LogP contribution in [0, 0.1) is 0 Å². The molecule has 1 heterocycles. The molecule has 0 aromatic heterocycles. The Labute approximate surface area is 80.7 Å². The molecule has 0 amide bonds. The fourth-order valence-corrected chi connectivity index (χ4v) is 1.48. The summed E-state index contributed by atoms with van der Waals surface area (Å²) in [6.07, 6.45) is -5.95. The first-order valence-electron chi connectivity index (χ1n) is 4.35. The lowest BCUT2D eigenvalue weighted by Gasteiger charge is -2.38. The van der Waals surface area contributed by atoms with E-state index >= 15 is 0 Å². The molecule has 4 N–H and O–H groups in total. The Hall–Kier alpha value is -0.690. The van der Waals surface area contributed by atoms with Crippen molar-refractivity contribution in [2.24, 2.45) is 0 Å². The molecule has 0 aromatic carbocycles. The van der Waals surface area contributed by atoms with Gasteiger partial charge in [0.05, 0.1) is 18.6 Å². The second-order valence-electron chi connectivity index (χ2n) is 3.45. The molecule has 1 saturated heterocycles. The van der Waals surface area contributed by atoms with E-state index in [-0.39, 0.29) is 0 Å². The van der Waals surface area contributed by atoms with Gasteiger partial charge in [-0.1, -0.05) is 0 Å². The highest BCUT2D eigenvalue weighted by Crippen LogP contribution is 2.22. The molecule has 0 aliphatic carbocycles. The highest BCUT2D eigenvalue weighted by molar-refractivity contribution is 5.67. The number of carboxylic acids is 1. The van der Waals surface area contributed by atoms with Gasteiger partial charge >= 0.3 is 5.97 Å². The molecule has 14 heavy (non-hydrogen) atoms. The van der Waals surface area contributed by atoms with Gasteiger partial charge in [-0.25, -0.2) is 0 Å². The van der Waals surface area contributed by atoms with Crippen LogP contribution in [0.1, 0.15) is 13.3 Å². The summed E-state index contributed by atoms with van der Waals surface area (Å²) in [5.41, 5.74) is 0. The maximum Gasteiger partial charge on any atom is 0.306 e. The Balaban J connectivity index is 2.65. The van der Waals surface area contributed by atoms with Crippen molar-refractivity contribution in [2.75, 3.05) is 0 Å². The summed E-state index contributed by atoms with van der Waals surface area (Å²) < 4.78 is 5.05. The Kier molecular flexibility index (Phi) is 3.43. The standard InChI is InChI=1S/C8H14O6/c1-3-6(11)8(13)7(12)4(14-3)2-5(9)10/h3-4,6-8,11-13H,2H2,1H3,(H,9,10)/t3-,4?,6?,7+,8+/m0/s1. The molecule has 6 nitrogen and oxygen atoms in total. The van der Waals surface area contributed by atoms with Crippen molar-refractivity contribution < 1.29 is 30.0 Å². The summed E-state index contributed by atoms with van der Waals surface area (Å²) >= 11 is 0. The maximum absolute atomic E-state index is 10.4. The van der Waals surface area contributed by atoms with Crippen molar-refractivity contribution in [1.29, 1.82) is 0 Å². The summed E-state index contributed by atoms with van der Waals surface area (Å²) in [5.74, 6) is -1.12. The van der Waals surface area contributed by atoms with E-state index in [1.807, 2.05) is 0 Å². The normalized spacial score (nSPS) is 43.6. The zero-order valence-electron chi connectivity index (χ0n) is 7.70. The average Bonchev–Trinajstić information content (AvgIpc) is 2.10. The summed E-state index contributed by atoms with van der Waals surface area (Å²) in [7, 11) is 0. The van der Waals surface area contributed by atoms with Crippen LogP contribution in [0.3, 0.4) is 0 Å². The van der Waals surface area contributed by atoms with Crippen molar-refractivity contribution in [3.63, 3.8) is 0 Å². The second-order valence-corrected chi connectivity index (χ2v) is 3.45. The van der Waals surface area contributed by atoms with Gasteiger partial charge in [0.25, 0.3) is 0 Å². The number of aliphatic carboxylic acids is 1. The van der Waals surface area contributed by atoms with E-state index in [0.29, 0.717) is 0 Å². The monoisotopic (exact) mass is 206 g/mol. The summed E-state index contributed by atoms with van der Waals surface area (Å²) in [6.45, 7) is 1.51. The van der Waals surface area contributed by atoms with E-state index in [1.165, 1.54) is 6.92 Å². The first kappa shape index (κ1) is 11.4. The van der Waals surface area contributed by atoms with Gasteiger partial charge in [-0.3, -0.25) is 4.79 Å². The van der Waals surface area contributed by atoms with Gasteiger partial charge in [0.1, 0.15) is 18.3 Å². The van der Waals surface area contributed by atoms with Crippen molar-refractivity contribution in [2.45, 2.75) is 43.9 Å². The van der Waals surface area contributed by atoms with Crippen LogP contribution in [-0.4, -0.2) is 56.9 Å². The predicted octanol–water partition coefficient (Wildman–Crippen LogP) is -1.67. The van der Waals surface area contributed by atoms with Gasteiger partial charge in [0, 0.05) is 0 Å². The number of carboxylic acid groups (broad SMARTS) is 1. The van der Waals surface area contributed by atoms with Crippen molar-refractivity contribution in [3.8, 4) is 0 Å². The van der Waals surface area contributed by atoms with Gasteiger partial charge in [0.15, 0.2) is 0 Å². The molecule has 1 aliphatic rings. The smallest absolute Gasteiger partial charge is 0.306 e. The largest absolute Gasteiger partial charge is 0.481 e. The highest BCUT2D eigenvalue weighted by atomic mass is 16.5. The number of rotatable bonds is 2. The number of ether oxygens (including phenoxy) is 1. The predicted molar refractivity (Wildman–Crippen MR) is 44.6 cm³/mol. The molecule has 6 heteroatoms. The lowest BCUT2D eigenvalue weighted by Crippen LogP contribution is -2.56. The third-order valence-electron chi connectivity index (χ3n) is 2.33. The van der Waals surface area contributed by atoms with Gasteiger partial charge in [-0.2, -0.15) is 0 Å². The van der Waals surface area contributed by atoms with Gasteiger partial charge < -0.3 is 25.2 Å². The lowest BCUT2D eigenvalue weighted by molar-refractivity contribution is -0.219. The Morgan fingerprint density at radius 1 is 1.21 bits per heavy atom. The van der Waals surface area contributed by atoms with Gasteiger partial charge in [-0.05, 0) is 6.92 Å². The molecule has 0 saturated carbocycles. The molecule has 0 bridgehead atoms. The highest BCUT2D eigenvalue weighted by Gasteiger charge is 2.42. The van der Waals surface area contributed by atoms with Crippen LogP contribution >= 0.6 is 0 Å². The van der Waals surface area contributed by atoms with Gasteiger partial charge in [-0.15, -0.1) is 0 Å². The zero-order chi connectivity index (χ0) is 10.9. The summed E-state index contributed by atoms with van der Waals surface area (Å²) in [5, 5.41) is 36.5. The molecule has 82 valence electrons. The van der Waals surface area contributed by atoms with Crippen LogP contribution in [0.15, 0.2) is 0 Å². The molecule has 0 radical (unpaired) electrons. The Morgan fingerprint density at radius 3 is 2.29 bits per heavy atom.